The van der Waals surface area contributed by atoms with E-state index in [1.165, 1.54) is 12.1 Å². The Labute approximate surface area is 109 Å². The second-order valence-electron chi connectivity index (χ2n) is 4.47. The lowest BCUT2D eigenvalue weighted by Gasteiger charge is -2.26. The second kappa shape index (κ2) is 5.75. The average molecular weight is 267 g/mol. The second-order valence-corrected chi connectivity index (χ2v) is 4.47. The van der Waals surface area contributed by atoms with E-state index in [4.69, 9.17) is 5.21 Å². The number of hydrogen-bond acceptors (Lipinski definition) is 5. The van der Waals surface area contributed by atoms with Crippen LogP contribution in [-0.2, 0) is 6.54 Å². The van der Waals surface area contributed by atoms with Gasteiger partial charge in [0, 0.05) is 44.1 Å². The van der Waals surface area contributed by atoms with Gasteiger partial charge in [0.15, 0.2) is 0 Å². The Morgan fingerprint density at radius 3 is 2.68 bits per heavy atom. The highest BCUT2D eigenvalue weighted by atomic mass is 19.1. The van der Waals surface area contributed by atoms with Crippen molar-refractivity contribution in [2.45, 2.75) is 19.4 Å². The highest BCUT2D eigenvalue weighted by molar-refractivity contribution is 5.84. The average Bonchev–Trinajstić information content (AvgIpc) is 2.39. The van der Waals surface area contributed by atoms with Gasteiger partial charge in [0.1, 0.15) is 5.82 Å². The van der Waals surface area contributed by atoms with Crippen LogP contribution in [0.25, 0.3) is 0 Å². The number of nitrogens with zero attached hydrogens (tertiary/aromatic N) is 3. The molecule has 7 heteroatoms. The molecule has 19 heavy (non-hydrogen) atoms. The number of halogens is 1. The fraction of sp³-hybridized carbons (Fsp3) is 0.417. The van der Waals surface area contributed by atoms with Gasteiger partial charge in [0.25, 0.3) is 5.69 Å². The van der Waals surface area contributed by atoms with E-state index in [1.54, 1.807) is 0 Å². The molecule has 0 saturated carbocycles. The van der Waals surface area contributed by atoms with E-state index in [-0.39, 0.29) is 5.69 Å². The Morgan fingerprint density at radius 2 is 2.11 bits per heavy atom. The monoisotopic (exact) mass is 267 g/mol. The molecule has 1 heterocycles. The summed E-state index contributed by atoms with van der Waals surface area (Å²) in [6.07, 6.45) is 1.25. The van der Waals surface area contributed by atoms with Crippen molar-refractivity contribution in [3.63, 3.8) is 0 Å². The minimum absolute atomic E-state index is 0.0666. The van der Waals surface area contributed by atoms with Gasteiger partial charge in [-0.3, -0.25) is 15.0 Å². The molecule has 0 amide bonds. The summed E-state index contributed by atoms with van der Waals surface area (Å²) in [6, 6.07) is 3.48. The summed E-state index contributed by atoms with van der Waals surface area (Å²) in [5, 5.41) is 22.7. The predicted molar refractivity (Wildman–Crippen MR) is 66.8 cm³/mol. The molecule has 1 aromatic rings. The maximum absolute atomic E-state index is 13.2. The lowest BCUT2D eigenvalue weighted by molar-refractivity contribution is -0.385. The number of rotatable bonds is 3. The molecular weight excluding hydrogens is 253 g/mol. The summed E-state index contributed by atoms with van der Waals surface area (Å²) >= 11 is 0. The first-order valence-electron chi connectivity index (χ1n) is 5.95. The first-order chi connectivity index (χ1) is 9.10. The van der Waals surface area contributed by atoms with E-state index < -0.39 is 10.7 Å². The summed E-state index contributed by atoms with van der Waals surface area (Å²) in [5.41, 5.74) is 1.03. The number of likely N-dealkylation sites (tertiary alicyclic amines) is 1. The molecule has 1 aliphatic heterocycles. The third-order valence-electron chi connectivity index (χ3n) is 3.21. The summed E-state index contributed by atoms with van der Waals surface area (Å²) in [7, 11) is 0. The minimum atomic E-state index is -0.501. The molecule has 1 aliphatic rings. The predicted octanol–water partition coefficient (Wildman–Crippen LogP) is 2.16. The maximum atomic E-state index is 13.2. The van der Waals surface area contributed by atoms with E-state index >= 15 is 0 Å². The number of benzene rings is 1. The van der Waals surface area contributed by atoms with Crippen LogP contribution >= 0.6 is 0 Å². The number of oxime groups is 1. The third-order valence-corrected chi connectivity index (χ3v) is 3.21. The fourth-order valence-electron chi connectivity index (χ4n) is 2.17. The number of piperidine rings is 1. The maximum Gasteiger partial charge on any atom is 0.274 e. The third kappa shape index (κ3) is 3.25. The lowest BCUT2D eigenvalue weighted by Crippen LogP contribution is -2.33. The molecule has 1 aromatic carbocycles. The molecule has 1 saturated heterocycles. The van der Waals surface area contributed by atoms with Gasteiger partial charge in [-0.1, -0.05) is 5.16 Å². The van der Waals surface area contributed by atoms with E-state index in [0.29, 0.717) is 38.0 Å². The van der Waals surface area contributed by atoms with Crippen molar-refractivity contribution in [2.24, 2.45) is 5.16 Å². The van der Waals surface area contributed by atoms with Gasteiger partial charge >= 0.3 is 0 Å². The number of nitro groups is 1. The molecule has 102 valence electrons. The Morgan fingerprint density at radius 1 is 1.42 bits per heavy atom. The lowest BCUT2D eigenvalue weighted by atomic mass is 10.1. The van der Waals surface area contributed by atoms with Crippen LogP contribution in [0.5, 0.6) is 0 Å². The fourth-order valence-corrected chi connectivity index (χ4v) is 2.17. The van der Waals surface area contributed by atoms with Crippen molar-refractivity contribution in [1.29, 1.82) is 0 Å². The topological polar surface area (TPSA) is 79.0 Å². The highest BCUT2D eigenvalue weighted by Gasteiger charge is 2.20. The van der Waals surface area contributed by atoms with Crippen molar-refractivity contribution >= 4 is 11.4 Å². The van der Waals surface area contributed by atoms with E-state index in [0.717, 1.165) is 11.8 Å². The molecule has 0 unspecified atom stereocenters. The van der Waals surface area contributed by atoms with Gasteiger partial charge < -0.3 is 5.21 Å². The van der Waals surface area contributed by atoms with Crippen LogP contribution in [0.4, 0.5) is 10.1 Å². The van der Waals surface area contributed by atoms with Gasteiger partial charge in [0.2, 0.25) is 0 Å². The molecule has 0 bridgehead atoms. The molecule has 0 aliphatic carbocycles. The van der Waals surface area contributed by atoms with Gasteiger partial charge in [0.05, 0.1) is 10.6 Å². The molecule has 1 N–H and O–H groups in total. The SMILES string of the molecule is O=[N+]([O-])c1ccc(F)cc1CN1CCC(=NO)CC1. The van der Waals surface area contributed by atoms with Crippen LogP contribution in [0.2, 0.25) is 0 Å². The van der Waals surface area contributed by atoms with Crippen LogP contribution in [-0.4, -0.2) is 33.8 Å². The molecule has 0 atom stereocenters. The Bertz CT molecular complexity index is 509. The largest absolute Gasteiger partial charge is 0.411 e. The van der Waals surface area contributed by atoms with Gasteiger partial charge in [-0.05, 0) is 12.1 Å². The first kappa shape index (κ1) is 13.4. The van der Waals surface area contributed by atoms with Crippen molar-refractivity contribution in [3.05, 3.63) is 39.7 Å². The van der Waals surface area contributed by atoms with Gasteiger partial charge in [-0.25, -0.2) is 4.39 Å². The normalized spacial score (nSPS) is 16.4. The zero-order valence-electron chi connectivity index (χ0n) is 10.3. The van der Waals surface area contributed by atoms with Crippen LogP contribution in [0.15, 0.2) is 23.4 Å². The van der Waals surface area contributed by atoms with E-state index in [2.05, 4.69) is 5.16 Å². The minimum Gasteiger partial charge on any atom is -0.411 e. The first-order valence-corrected chi connectivity index (χ1v) is 5.95. The van der Waals surface area contributed by atoms with Crippen LogP contribution in [0, 0.1) is 15.9 Å². The van der Waals surface area contributed by atoms with E-state index in [1.807, 2.05) is 4.90 Å². The number of nitro benzene ring substituents is 1. The quantitative estimate of drug-likeness (QED) is 0.517. The molecular formula is C12H14FN3O3. The molecule has 2 rings (SSSR count). The summed E-state index contributed by atoms with van der Waals surface area (Å²) in [4.78, 5) is 12.4. The van der Waals surface area contributed by atoms with Gasteiger partial charge in [-0.2, -0.15) is 0 Å². The molecule has 0 radical (unpaired) electrons. The Hall–Kier alpha value is -2.02. The number of hydrogen-bond donors (Lipinski definition) is 1. The molecule has 1 fully saturated rings. The van der Waals surface area contributed by atoms with Crippen molar-refractivity contribution in [1.82, 2.24) is 4.90 Å². The summed E-state index contributed by atoms with van der Waals surface area (Å²) < 4.78 is 13.2. The van der Waals surface area contributed by atoms with Crippen molar-refractivity contribution < 1.29 is 14.5 Å². The van der Waals surface area contributed by atoms with Crippen LogP contribution < -0.4 is 0 Å². The zero-order valence-corrected chi connectivity index (χ0v) is 10.3. The Kier molecular flexibility index (Phi) is 4.06. The van der Waals surface area contributed by atoms with Crippen LogP contribution in [0.1, 0.15) is 18.4 Å². The van der Waals surface area contributed by atoms with Crippen molar-refractivity contribution in [3.8, 4) is 0 Å². The summed E-state index contributed by atoms with van der Waals surface area (Å²) in [5.74, 6) is -0.477. The standard InChI is InChI=1S/C12H14FN3O3/c13-10-1-2-12(16(18)19)9(7-10)8-15-5-3-11(14-17)4-6-15/h1-2,7,17H,3-6,8H2. The van der Waals surface area contributed by atoms with Crippen molar-refractivity contribution in [2.75, 3.05) is 13.1 Å². The summed E-state index contributed by atoms with van der Waals surface area (Å²) in [6.45, 7) is 1.62. The molecule has 6 nitrogen and oxygen atoms in total. The smallest absolute Gasteiger partial charge is 0.274 e. The molecule has 0 spiro atoms. The zero-order chi connectivity index (χ0) is 13.8. The van der Waals surface area contributed by atoms with Crippen LogP contribution in [0.3, 0.4) is 0 Å². The highest BCUT2D eigenvalue weighted by Crippen LogP contribution is 2.22. The molecule has 0 aromatic heterocycles. The van der Waals surface area contributed by atoms with E-state index in [9.17, 15) is 14.5 Å². The Balaban J connectivity index is 2.11. The van der Waals surface area contributed by atoms with Gasteiger partial charge in [-0.15, -0.1) is 0 Å².